The van der Waals surface area contributed by atoms with Crippen LogP contribution in [-0.4, -0.2) is 28.7 Å². The molecule has 6 nitrogen and oxygen atoms in total. The Morgan fingerprint density at radius 2 is 0.603 bits per heavy atom. The summed E-state index contributed by atoms with van der Waals surface area (Å²) in [6.07, 6.45) is 0. The van der Waals surface area contributed by atoms with Crippen LogP contribution in [0.3, 0.4) is 0 Å². The maximum atomic E-state index is 5.04. The molecule has 0 aliphatic rings. The summed E-state index contributed by atoms with van der Waals surface area (Å²) in [4.78, 5) is 15.0. The van der Waals surface area contributed by atoms with Gasteiger partial charge in [0, 0.05) is 60.4 Å². The molecule has 4 aromatic heterocycles. The first kappa shape index (κ1) is 35.2. The van der Waals surface area contributed by atoms with Crippen LogP contribution < -0.4 is 0 Å². The Morgan fingerprint density at radius 1 is 0.238 bits per heavy atom. The van der Waals surface area contributed by atoms with E-state index >= 15 is 0 Å². The number of nitrogens with zero attached hydrogens (tertiary/aromatic N) is 6. The van der Waals surface area contributed by atoms with Crippen molar-refractivity contribution in [1.82, 2.24) is 28.7 Å². The van der Waals surface area contributed by atoms with Crippen molar-refractivity contribution in [2.24, 2.45) is 0 Å². The molecule has 6 heteroatoms. The molecule has 0 atom stereocenters. The first-order valence-corrected chi connectivity index (χ1v) is 21.3. The van der Waals surface area contributed by atoms with Crippen molar-refractivity contribution in [1.29, 1.82) is 0 Å². The molecule has 63 heavy (non-hydrogen) atoms. The van der Waals surface area contributed by atoms with Crippen LogP contribution in [0.1, 0.15) is 0 Å². The summed E-state index contributed by atoms with van der Waals surface area (Å²) in [5.41, 5.74) is 13.0. The number of hydrogen-bond acceptors (Lipinski definition) is 3. The zero-order valence-electron chi connectivity index (χ0n) is 34.0. The average molecular weight is 805 g/mol. The van der Waals surface area contributed by atoms with Gasteiger partial charge in [-0.3, -0.25) is 0 Å². The van der Waals surface area contributed by atoms with Crippen molar-refractivity contribution in [3.63, 3.8) is 0 Å². The van der Waals surface area contributed by atoms with E-state index in [4.69, 9.17) is 15.0 Å². The van der Waals surface area contributed by atoms with Crippen LogP contribution in [0.5, 0.6) is 0 Å². The number of rotatable bonds is 6. The van der Waals surface area contributed by atoms with E-state index in [1.165, 1.54) is 43.4 Å². The smallest absolute Gasteiger partial charge is 0.164 e. The topological polar surface area (TPSA) is 53.5 Å². The fraction of sp³-hybridized carbons (Fsp3) is 0. The average Bonchev–Trinajstić information content (AvgIpc) is 4.01. The maximum absolute atomic E-state index is 5.04. The summed E-state index contributed by atoms with van der Waals surface area (Å²) in [7, 11) is 0. The normalized spacial score (nSPS) is 11.8. The SMILES string of the molecule is c1ccc(-c2nc(-c3ccccc3)nc(-c3ccc(-n4c5ccccc5c5ccc6c7ccccc7n(-c7cccc8c9ccccc9n(-c9ccccc9)c78)c6c54)cc3)n2)cc1. The molecule has 0 bridgehead atoms. The molecule has 4 heterocycles. The molecule has 13 aromatic rings. The molecule has 0 radical (unpaired) electrons. The molecule has 0 amide bonds. The van der Waals surface area contributed by atoms with Gasteiger partial charge in [-0.25, -0.2) is 15.0 Å². The van der Waals surface area contributed by atoms with Crippen molar-refractivity contribution in [2.75, 3.05) is 0 Å². The van der Waals surface area contributed by atoms with E-state index in [1.807, 2.05) is 60.7 Å². The maximum Gasteiger partial charge on any atom is 0.164 e. The lowest BCUT2D eigenvalue weighted by Crippen LogP contribution is -2.02. The highest BCUT2D eigenvalue weighted by Crippen LogP contribution is 2.44. The van der Waals surface area contributed by atoms with E-state index in [2.05, 4.69) is 171 Å². The molecule has 0 saturated carbocycles. The highest BCUT2D eigenvalue weighted by atomic mass is 15.1. The molecular formula is C57H36N6. The molecule has 0 aliphatic heterocycles. The monoisotopic (exact) mass is 804 g/mol. The fourth-order valence-corrected chi connectivity index (χ4v) is 9.74. The number of benzene rings is 9. The lowest BCUT2D eigenvalue weighted by Gasteiger charge is -2.16. The van der Waals surface area contributed by atoms with Gasteiger partial charge in [0.05, 0.1) is 38.8 Å². The van der Waals surface area contributed by atoms with E-state index in [0.717, 1.165) is 55.8 Å². The second-order valence-electron chi connectivity index (χ2n) is 16.0. The summed E-state index contributed by atoms with van der Waals surface area (Å²) < 4.78 is 7.39. The van der Waals surface area contributed by atoms with Crippen molar-refractivity contribution in [3.05, 3.63) is 218 Å². The van der Waals surface area contributed by atoms with Crippen LogP contribution in [0.4, 0.5) is 0 Å². The Bertz CT molecular complexity index is 3820. The van der Waals surface area contributed by atoms with E-state index in [-0.39, 0.29) is 0 Å². The number of para-hydroxylation sites is 5. The van der Waals surface area contributed by atoms with Crippen molar-refractivity contribution in [3.8, 4) is 51.2 Å². The fourth-order valence-electron chi connectivity index (χ4n) is 9.74. The van der Waals surface area contributed by atoms with Gasteiger partial charge < -0.3 is 13.7 Å². The van der Waals surface area contributed by atoms with Crippen LogP contribution in [-0.2, 0) is 0 Å². The van der Waals surface area contributed by atoms with Crippen LogP contribution in [0.15, 0.2) is 218 Å². The van der Waals surface area contributed by atoms with Gasteiger partial charge in [0.2, 0.25) is 0 Å². The molecule has 0 N–H and O–H groups in total. The predicted octanol–water partition coefficient (Wildman–Crippen LogP) is 14.2. The van der Waals surface area contributed by atoms with E-state index in [9.17, 15) is 0 Å². The standard InChI is InChI=1S/C57H36N6/c1-4-17-37(18-5-1)55-58-56(38-19-6-2-7-20-38)60-57(59-55)39-31-33-41(34-32-39)62-49-28-14-11-24-43(49)46-35-36-47-44-25-12-15-29-50(44)63(54(47)53(46)62)51-30-16-26-45-42-23-10-13-27-48(42)61(52(45)51)40-21-8-3-9-22-40/h1-36H. The minimum atomic E-state index is 0.626. The Balaban J connectivity index is 1.08. The third kappa shape index (κ3) is 5.41. The summed E-state index contributed by atoms with van der Waals surface area (Å²) in [6, 6.07) is 77.4. The molecule has 9 aromatic carbocycles. The van der Waals surface area contributed by atoms with Crippen molar-refractivity contribution in [2.45, 2.75) is 0 Å². The van der Waals surface area contributed by atoms with Crippen molar-refractivity contribution < 1.29 is 0 Å². The largest absolute Gasteiger partial charge is 0.307 e. The molecule has 0 aliphatic carbocycles. The van der Waals surface area contributed by atoms with Gasteiger partial charge >= 0.3 is 0 Å². The van der Waals surface area contributed by atoms with Crippen LogP contribution >= 0.6 is 0 Å². The van der Waals surface area contributed by atoms with Gasteiger partial charge in [-0.1, -0.05) is 158 Å². The van der Waals surface area contributed by atoms with Gasteiger partial charge in [-0.15, -0.1) is 0 Å². The minimum absolute atomic E-state index is 0.626. The molecule has 0 unspecified atom stereocenters. The predicted molar refractivity (Wildman–Crippen MR) is 259 cm³/mol. The van der Waals surface area contributed by atoms with E-state index < -0.39 is 0 Å². The second-order valence-corrected chi connectivity index (χ2v) is 16.0. The molecule has 0 spiro atoms. The van der Waals surface area contributed by atoms with Gasteiger partial charge in [0.1, 0.15) is 0 Å². The zero-order chi connectivity index (χ0) is 41.4. The van der Waals surface area contributed by atoms with Gasteiger partial charge in [0.15, 0.2) is 17.5 Å². The second kappa shape index (κ2) is 14.0. The minimum Gasteiger partial charge on any atom is -0.307 e. The van der Waals surface area contributed by atoms with Crippen LogP contribution in [0, 0.1) is 0 Å². The summed E-state index contributed by atoms with van der Waals surface area (Å²) >= 11 is 0. The van der Waals surface area contributed by atoms with E-state index in [0.29, 0.717) is 17.5 Å². The first-order chi connectivity index (χ1) is 31.3. The zero-order valence-corrected chi connectivity index (χ0v) is 34.0. The lowest BCUT2D eigenvalue weighted by atomic mass is 10.1. The molecule has 0 fully saturated rings. The van der Waals surface area contributed by atoms with Gasteiger partial charge in [-0.2, -0.15) is 0 Å². The Morgan fingerprint density at radius 3 is 1.13 bits per heavy atom. The number of fused-ring (bicyclic) bond motifs is 10. The number of aromatic nitrogens is 6. The summed E-state index contributed by atoms with van der Waals surface area (Å²) in [5.74, 6) is 1.91. The Labute approximate surface area is 362 Å². The lowest BCUT2D eigenvalue weighted by molar-refractivity contribution is 1.07. The van der Waals surface area contributed by atoms with Gasteiger partial charge in [-0.05, 0) is 60.7 Å². The summed E-state index contributed by atoms with van der Waals surface area (Å²) in [5, 5.41) is 7.24. The van der Waals surface area contributed by atoms with Crippen LogP contribution in [0.25, 0.3) is 117 Å². The van der Waals surface area contributed by atoms with E-state index in [1.54, 1.807) is 0 Å². The Hall–Kier alpha value is -8.61. The highest BCUT2D eigenvalue weighted by Gasteiger charge is 2.24. The third-order valence-corrected chi connectivity index (χ3v) is 12.5. The molecule has 13 rings (SSSR count). The first-order valence-electron chi connectivity index (χ1n) is 21.3. The van der Waals surface area contributed by atoms with Crippen molar-refractivity contribution >= 4 is 65.4 Å². The van der Waals surface area contributed by atoms with Gasteiger partial charge in [0.25, 0.3) is 0 Å². The summed E-state index contributed by atoms with van der Waals surface area (Å²) in [6.45, 7) is 0. The Kier molecular flexibility index (Phi) is 7.80. The molecule has 0 saturated heterocycles. The number of hydrogen-bond donors (Lipinski definition) is 0. The highest BCUT2D eigenvalue weighted by molar-refractivity contribution is 6.24. The molecular weight excluding hydrogens is 769 g/mol. The molecule has 294 valence electrons. The van der Waals surface area contributed by atoms with Crippen LogP contribution in [0.2, 0.25) is 0 Å². The third-order valence-electron chi connectivity index (χ3n) is 12.5. The quantitative estimate of drug-likeness (QED) is 0.168.